The summed E-state index contributed by atoms with van der Waals surface area (Å²) in [6.45, 7) is 2.80. The maximum atomic E-state index is 13.7. The number of hydrogen-bond donors (Lipinski definition) is 5. The van der Waals surface area contributed by atoms with Gasteiger partial charge in [-0.1, -0.05) is 12.2 Å². The Labute approximate surface area is 218 Å². The van der Waals surface area contributed by atoms with Crippen LogP contribution in [0.1, 0.15) is 64.6 Å². The highest BCUT2D eigenvalue weighted by atomic mass is 16.7. The zero-order valence-electron chi connectivity index (χ0n) is 21.2. The third kappa shape index (κ3) is 3.88. The van der Waals surface area contributed by atoms with E-state index in [9.17, 15) is 34.8 Å². The van der Waals surface area contributed by atoms with Gasteiger partial charge in [0.2, 0.25) is 0 Å². The molecule has 0 amide bonds. The minimum Gasteiger partial charge on any atom is -0.507 e. The Morgan fingerprint density at radius 3 is 2.50 bits per heavy atom. The standard InChI is InChI=1S/C27H31NO10/c1-10-22(30)14(28)7-17(37-10)38-16-9-27(35,11(2)29)8-13-19(16)26(34)21-20(24(13)32)23(31)12-5-4-6-15(36-3)18(12)25(21)33/h4-6,10,12,14,16-18,22,30,32,34-35H,7-9,28H2,1-3H3/t10-,12+,14-,16-,17-,18+,22+,27-/m0/s1. The number of carbonyl (C=O) groups is 3. The van der Waals surface area contributed by atoms with Crippen LogP contribution in [0.5, 0.6) is 11.5 Å². The predicted octanol–water partition coefficient (Wildman–Crippen LogP) is 0.956. The molecule has 0 saturated carbocycles. The summed E-state index contributed by atoms with van der Waals surface area (Å²) < 4.78 is 17.1. The van der Waals surface area contributed by atoms with Gasteiger partial charge < -0.3 is 40.4 Å². The molecule has 0 unspecified atom stereocenters. The van der Waals surface area contributed by atoms with E-state index in [2.05, 4.69) is 0 Å². The monoisotopic (exact) mass is 529 g/mol. The van der Waals surface area contributed by atoms with Crippen molar-refractivity contribution in [1.82, 2.24) is 0 Å². The van der Waals surface area contributed by atoms with Crippen LogP contribution in [0, 0.1) is 11.8 Å². The van der Waals surface area contributed by atoms with E-state index >= 15 is 0 Å². The third-order valence-electron chi connectivity index (χ3n) is 8.18. The molecule has 204 valence electrons. The number of hydrogen-bond acceptors (Lipinski definition) is 11. The molecule has 0 bridgehead atoms. The summed E-state index contributed by atoms with van der Waals surface area (Å²) >= 11 is 0. The number of benzene rings is 1. The number of aliphatic hydroxyl groups is 2. The van der Waals surface area contributed by atoms with Crippen LogP contribution in [0.15, 0.2) is 24.0 Å². The Kier molecular flexibility index (Phi) is 6.48. The third-order valence-corrected chi connectivity index (χ3v) is 8.18. The molecule has 1 aliphatic heterocycles. The molecule has 11 heteroatoms. The minimum absolute atomic E-state index is 0.0166. The van der Waals surface area contributed by atoms with Crippen LogP contribution in [0.4, 0.5) is 0 Å². The minimum atomic E-state index is -1.99. The Morgan fingerprint density at radius 2 is 1.87 bits per heavy atom. The van der Waals surface area contributed by atoms with Gasteiger partial charge in [-0.2, -0.15) is 0 Å². The SMILES string of the molecule is COC1=CC=C[C@H]2C(=O)c3c(O)c4c(c(O)c3C(=O)[C@@H]12)[C@@H](O[C@H]1C[C@H](N)[C@H](O)[C@H](C)O1)C[C@](O)(C(C)=O)C4. The van der Waals surface area contributed by atoms with E-state index in [4.69, 9.17) is 19.9 Å². The fourth-order valence-electron chi connectivity index (χ4n) is 6.02. The number of rotatable bonds is 4. The summed E-state index contributed by atoms with van der Waals surface area (Å²) in [5.41, 5.74) is 3.22. The molecular formula is C27H31NO10. The first-order valence-corrected chi connectivity index (χ1v) is 12.5. The smallest absolute Gasteiger partial charge is 0.179 e. The zero-order valence-corrected chi connectivity index (χ0v) is 21.2. The lowest BCUT2D eigenvalue weighted by molar-refractivity contribution is -0.247. The molecule has 38 heavy (non-hydrogen) atoms. The molecule has 8 atom stereocenters. The number of fused-ring (bicyclic) bond motifs is 3. The number of methoxy groups -OCH3 is 1. The molecule has 3 aliphatic carbocycles. The first kappa shape index (κ1) is 26.5. The van der Waals surface area contributed by atoms with E-state index in [1.807, 2.05) is 0 Å². The molecule has 1 aromatic rings. The van der Waals surface area contributed by atoms with Gasteiger partial charge in [0, 0.05) is 36.4 Å². The van der Waals surface area contributed by atoms with Crippen molar-refractivity contribution in [2.75, 3.05) is 7.11 Å². The number of Topliss-reactive ketones (excluding diaryl/α,β-unsaturated/α-hetero) is 3. The van der Waals surface area contributed by atoms with Crippen LogP contribution in [-0.2, 0) is 25.4 Å². The van der Waals surface area contributed by atoms with Crippen LogP contribution >= 0.6 is 0 Å². The van der Waals surface area contributed by atoms with Crippen LogP contribution in [-0.4, -0.2) is 75.0 Å². The van der Waals surface area contributed by atoms with E-state index in [-0.39, 0.29) is 40.9 Å². The van der Waals surface area contributed by atoms with Crippen molar-refractivity contribution in [1.29, 1.82) is 0 Å². The van der Waals surface area contributed by atoms with E-state index in [1.54, 1.807) is 19.1 Å². The van der Waals surface area contributed by atoms with Crippen molar-refractivity contribution in [3.8, 4) is 11.5 Å². The number of aromatic hydroxyl groups is 2. The van der Waals surface area contributed by atoms with Crippen molar-refractivity contribution >= 4 is 17.3 Å². The lowest BCUT2D eigenvalue weighted by Gasteiger charge is -2.42. The number of allylic oxidation sites excluding steroid dienone is 4. The highest BCUT2D eigenvalue weighted by molar-refractivity contribution is 6.20. The van der Waals surface area contributed by atoms with Crippen LogP contribution in [0.25, 0.3) is 0 Å². The van der Waals surface area contributed by atoms with Crippen LogP contribution in [0.3, 0.4) is 0 Å². The maximum absolute atomic E-state index is 13.7. The molecule has 4 aliphatic rings. The molecule has 0 spiro atoms. The number of phenolic OH excluding ortho intramolecular Hbond substituents is 2. The number of ether oxygens (including phenoxy) is 3. The summed E-state index contributed by atoms with van der Waals surface area (Å²) in [4.78, 5) is 39.7. The highest BCUT2D eigenvalue weighted by Crippen LogP contribution is 2.53. The number of carbonyl (C=O) groups excluding carboxylic acids is 3. The predicted molar refractivity (Wildman–Crippen MR) is 130 cm³/mol. The molecule has 0 radical (unpaired) electrons. The molecule has 6 N–H and O–H groups in total. The van der Waals surface area contributed by atoms with Crippen molar-refractivity contribution in [2.45, 2.75) is 69.4 Å². The van der Waals surface area contributed by atoms with E-state index < -0.39 is 83.4 Å². The van der Waals surface area contributed by atoms with Gasteiger partial charge in [-0.25, -0.2) is 0 Å². The average Bonchev–Trinajstić information content (AvgIpc) is 2.87. The Bertz CT molecular complexity index is 1270. The second kappa shape index (κ2) is 9.28. The van der Waals surface area contributed by atoms with Gasteiger partial charge in [0.1, 0.15) is 22.9 Å². The average molecular weight is 530 g/mol. The quantitative estimate of drug-likeness (QED) is 0.350. The van der Waals surface area contributed by atoms with Crippen LogP contribution < -0.4 is 5.73 Å². The molecule has 11 nitrogen and oxygen atoms in total. The van der Waals surface area contributed by atoms with Gasteiger partial charge in [-0.05, 0) is 19.9 Å². The number of ketones is 3. The van der Waals surface area contributed by atoms with Gasteiger partial charge in [-0.15, -0.1) is 0 Å². The lowest BCUT2D eigenvalue weighted by Crippen LogP contribution is -2.52. The van der Waals surface area contributed by atoms with Gasteiger partial charge in [0.25, 0.3) is 0 Å². The molecule has 1 aromatic carbocycles. The molecule has 1 fully saturated rings. The van der Waals surface area contributed by atoms with E-state index in [0.717, 1.165) is 0 Å². The molecule has 1 saturated heterocycles. The van der Waals surface area contributed by atoms with Crippen LogP contribution in [0.2, 0.25) is 0 Å². The fraction of sp³-hybridized carbons (Fsp3) is 0.519. The molecule has 1 heterocycles. The molecular weight excluding hydrogens is 498 g/mol. The number of nitrogens with two attached hydrogens (primary N) is 1. The fourth-order valence-corrected chi connectivity index (χ4v) is 6.02. The Morgan fingerprint density at radius 1 is 1.18 bits per heavy atom. The first-order chi connectivity index (χ1) is 17.9. The second-order valence-corrected chi connectivity index (χ2v) is 10.5. The van der Waals surface area contributed by atoms with Crippen molar-refractivity contribution in [3.63, 3.8) is 0 Å². The normalized spacial score (nSPS) is 36.2. The number of phenols is 2. The first-order valence-electron chi connectivity index (χ1n) is 12.5. The van der Waals surface area contributed by atoms with Crippen molar-refractivity contribution in [2.24, 2.45) is 17.6 Å². The summed E-state index contributed by atoms with van der Waals surface area (Å²) in [6.07, 6.45) is 0.212. The zero-order chi connectivity index (χ0) is 27.7. The summed E-state index contributed by atoms with van der Waals surface area (Å²) in [7, 11) is 1.37. The number of aliphatic hydroxyl groups excluding tert-OH is 1. The summed E-state index contributed by atoms with van der Waals surface area (Å²) in [5.74, 6) is -4.71. The molecule has 0 aromatic heterocycles. The lowest BCUT2D eigenvalue weighted by atomic mass is 9.67. The summed E-state index contributed by atoms with van der Waals surface area (Å²) in [6, 6.07) is -0.682. The Hall–Kier alpha value is -3.09. The second-order valence-electron chi connectivity index (χ2n) is 10.5. The summed E-state index contributed by atoms with van der Waals surface area (Å²) in [5, 5.41) is 44.2. The van der Waals surface area contributed by atoms with Gasteiger partial charge >= 0.3 is 0 Å². The maximum Gasteiger partial charge on any atom is 0.179 e. The van der Waals surface area contributed by atoms with Gasteiger partial charge in [0.15, 0.2) is 23.6 Å². The van der Waals surface area contributed by atoms with E-state index in [0.29, 0.717) is 0 Å². The van der Waals surface area contributed by atoms with Gasteiger partial charge in [-0.3, -0.25) is 14.4 Å². The van der Waals surface area contributed by atoms with Crippen molar-refractivity contribution < 1.29 is 49.0 Å². The largest absolute Gasteiger partial charge is 0.507 e. The van der Waals surface area contributed by atoms with Crippen molar-refractivity contribution in [3.05, 3.63) is 46.2 Å². The van der Waals surface area contributed by atoms with E-state index in [1.165, 1.54) is 20.1 Å². The Balaban J connectivity index is 1.66. The molecule has 5 rings (SSSR count). The highest BCUT2D eigenvalue weighted by Gasteiger charge is 2.52. The van der Waals surface area contributed by atoms with Gasteiger partial charge in [0.05, 0.1) is 48.4 Å². The topological polar surface area (TPSA) is 186 Å².